The molecule has 1 aromatic heterocycles. The molecule has 0 aliphatic carbocycles. The summed E-state index contributed by atoms with van der Waals surface area (Å²) in [6.07, 6.45) is 1.66. The highest BCUT2D eigenvalue weighted by molar-refractivity contribution is 7.89. The number of carbonyl (C=O) groups is 1. The van der Waals surface area contributed by atoms with Crippen LogP contribution >= 0.6 is 0 Å². The number of sulfonamides is 1. The monoisotopic (exact) mass is 425 g/mol. The molecule has 2 aromatic carbocycles. The molecule has 4 rings (SSSR count). The Bertz CT molecular complexity index is 1230. The van der Waals surface area contributed by atoms with Crippen molar-refractivity contribution in [2.45, 2.75) is 18.7 Å². The molecule has 0 bridgehead atoms. The molecule has 0 saturated carbocycles. The van der Waals surface area contributed by atoms with Gasteiger partial charge in [-0.3, -0.25) is 9.78 Å². The van der Waals surface area contributed by atoms with E-state index in [1.807, 2.05) is 26.0 Å². The second-order valence-electron chi connectivity index (χ2n) is 7.56. The van der Waals surface area contributed by atoms with Crippen LogP contribution in [0.25, 0.3) is 10.9 Å². The molecule has 30 heavy (non-hydrogen) atoms. The topological polar surface area (TPSA) is 90.8 Å². The third kappa shape index (κ3) is 3.64. The van der Waals surface area contributed by atoms with Crippen LogP contribution in [0.2, 0.25) is 0 Å². The van der Waals surface area contributed by atoms with Crippen molar-refractivity contribution in [3.63, 3.8) is 0 Å². The molecule has 0 atom stereocenters. The van der Waals surface area contributed by atoms with Gasteiger partial charge in [0.05, 0.1) is 11.1 Å². The fraction of sp³-hybridized carbons (Fsp3) is 0.273. The van der Waals surface area contributed by atoms with Crippen LogP contribution in [0.5, 0.6) is 5.75 Å². The van der Waals surface area contributed by atoms with E-state index in [9.17, 15) is 18.3 Å². The minimum atomic E-state index is -3.75. The van der Waals surface area contributed by atoms with Crippen molar-refractivity contribution >= 4 is 26.8 Å². The number of aromatic hydroxyl groups is 1. The van der Waals surface area contributed by atoms with Crippen molar-refractivity contribution in [3.05, 3.63) is 65.4 Å². The van der Waals surface area contributed by atoms with E-state index in [1.165, 1.54) is 10.4 Å². The van der Waals surface area contributed by atoms with Crippen LogP contribution < -0.4 is 0 Å². The molecule has 1 amide bonds. The number of aryl methyl sites for hydroxylation is 2. The first-order valence-electron chi connectivity index (χ1n) is 9.72. The zero-order valence-electron chi connectivity index (χ0n) is 16.9. The van der Waals surface area contributed by atoms with Crippen LogP contribution in [0, 0.1) is 13.8 Å². The third-order valence-corrected chi connectivity index (χ3v) is 7.27. The van der Waals surface area contributed by atoms with Crippen molar-refractivity contribution in [3.8, 4) is 5.75 Å². The molecule has 3 aromatic rings. The minimum absolute atomic E-state index is 0.0715. The Morgan fingerprint density at radius 1 is 1.00 bits per heavy atom. The van der Waals surface area contributed by atoms with Gasteiger partial charge in [-0.05, 0) is 43.7 Å². The van der Waals surface area contributed by atoms with E-state index in [0.717, 1.165) is 16.5 Å². The number of aromatic nitrogens is 1. The lowest BCUT2D eigenvalue weighted by molar-refractivity contribution is 0.0695. The largest absolute Gasteiger partial charge is 0.507 e. The van der Waals surface area contributed by atoms with Gasteiger partial charge in [-0.2, -0.15) is 4.31 Å². The number of fused-ring (bicyclic) bond motifs is 1. The Hall–Kier alpha value is -2.97. The third-order valence-electron chi connectivity index (χ3n) is 5.34. The van der Waals surface area contributed by atoms with Gasteiger partial charge in [0.1, 0.15) is 10.6 Å². The zero-order valence-corrected chi connectivity index (χ0v) is 17.7. The SMILES string of the molecule is Cc1ccc(O)c(C(=O)N2CCN(S(=O)(=O)c3cccc4cc(C)cnc34)CC2)c1. The molecule has 1 aliphatic heterocycles. The van der Waals surface area contributed by atoms with E-state index >= 15 is 0 Å². The van der Waals surface area contributed by atoms with E-state index in [4.69, 9.17) is 0 Å². The van der Waals surface area contributed by atoms with Gasteiger partial charge in [0, 0.05) is 37.8 Å². The molecular formula is C22H23N3O4S. The van der Waals surface area contributed by atoms with Gasteiger partial charge < -0.3 is 10.0 Å². The quantitative estimate of drug-likeness (QED) is 0.697. The van der Waals surface area contributed by atoms with Crippen molar-refractivity contribution in [1.29, 1.82) is 0 Å². The molecule has 8 heteroatoms. The van der Waals surface area contributed by atoms with E-state index in [-0.39, 0.29) is 48.3 Å². The predicted molar refractivity (Wildman–Crippen MR) is 114 cm³/mol. The average Bonchev–Trinajstić information content (AvgIpc) is 2.74. The first-order chi connectivity index (χ1) is 14.3. The molecule has 1 saturated heterocycles. The highest BCUT2D eigenvalue weighted by Crippen LogP contribution is 2.26. The van der Waals surface area contributed by atoms with Crippen molar-refractivity contribution in [2.75, 3.05) is 26.2 Å². The van der Waals surface area contributed by atoms with Gasteiger partial charge in [-0.15, -0.1) is 0 Å². The van der Waals surface area contributed by atoms with Crippen LogP contribution in [0.1, 0.15) is 21.5 Å². The Morgan fingerprint density at radius 2 is 1.73 bits per heavy atom. The summed E-state index contributed by atoms with van der Waals surface area (Å²) in [5, 5.41) is 10.8. The Morgan fingerprint density at radius 3 is 2.47 bits per heavy atom. The number of phenolic OH excluding ortho intramolecular Hbond substituents is 1. The number of pyridine rings is 1. The second-order valence-corrected chi connectivity index (χ2v) is 9.46. The van der Waals surface area contributed by atoms with Gasteiger partial charge in [-0.25, -0.2) is 8.42 Å². The number of amides is 1. The number of hydrogen-bond acceptors (Lipinski definition) is 5. The van der Waals surface area contributed by atoms with E-state index in [1.54, 1.807) is 35.4 Å². The number of rotatable bonds is 3. The summed E-state index contributed by atoms with van der Waals surface area (Å²) in [6.45, 7) is 4.63. The normalized spacial score (nSPS) is 15.5. The standard InChI is InChI=1S/C22H23N3O4S/c1-15-6-7-19(26)18(13-15)22(27)24-8-10-25(11-9-24)30(28,29)20-5-3-4-17-12-16(2)14-23-21(17)20/h3-7,12-14,26H,8-11H2,1-2H3. The molecule has 1 N–H and O–H groups in total. The predicted octanol–water partition coefficient (Wildman–Crippen LogP) is 2.70. The number of phenols is 1. The summed E-state index contributed by atoms with van der Waals surface area (Å²) in [5.41, 5.74) is 2.52. The number of para-hydroxylation sites is 1. The molecule has 2 heterocycles. The molecule has 1 aliphatic rings. The molecule has 0 spiro atoms. The Balaban J connectivity index is 1.55. The van der Waals surface area contributed by atoms with Gasteiger partial charge in [0.15, 0.2) is 0 Å². The average molecular weight is 426 g/mol. The Kier molecular flexibility index (Phi) is 5.21. The first kappa shape index (κ1) is 20.3. The molecular weight excluding hydrogens is 402 g/mol. The van der Waals surface area contributed by atoms with E-state index in [0.29, 0.717) is 5.52 Å². The van der Waals surface area contributed by atoms with Gasteiger partial charge in [0.2, 0.25) is 10.0 Å². The summed E-state index contributed by atoms with van der Waals surface area (Å²) in [7, 11) is -3.75. The van der Waals surface area contributed by atoms with E-state index in [2.05, 4.69) is 4.98 Å². The maximum absolute atomic E-state index is 13.3. The number of nitrogens with zero attached hydrogens (tertiary/aromatic N) is 3. The summed E-state index contributed by atoms with van der Waals surface area (Å²) in [4.78, 5) is 18.9. The molecule has 7 nitrogen and oxygen atoms in total. The van der Waals surface area contributed by atoms with Crippen molar-refractivity contribution in [1.82, 2.24) is 14.2 Å². The summed E-state index contributed by atoms with van der Waals surface area (Å²) in [6, 6.07) is 11.9. The second kappa shape index (κ2) is 7.70. The van der Waals surface area contributed by atoms with Crippen LogP contribution in [-0.2, 0) is 10.0 Å². The molecule has 0 unspecified atom stereocenters. The van der Waals surface area contributed by atoms with Crippen LogP contribution in [0.15, 0.2) is 53.6 Å². The molecule has 1 fully saturated rings. The lowest BCUT2D eigenvalue weighted by Crippen LogP contribution is -2.50. The maximum Gasteiger partial charge on any atom is 0.257 e. The lowest BCUT2D eigenvalue weighted by atomic mass is 10.1. The summed E-state index contributed by atoms with van der Waals surface area (Å²) < 4.78 is 27.9. The van der Waals surface area contributed by atoms with Gasteiger partial charge >= 0.3 is 0 Å². The maximum atomic E-state index is 13.3. The lowest BCUT2D eigenvalue weighted by Gasteiger charge is -2.34. The highest BCUT2D eigenvalue weighted by atomic mass is 32.2. The highest BCUT2D eigenvalue weighted by Gasteiger charge is 2.32. The number of hydrogen-bond donors (Lipinski definition) is 1. The fourth-order valence-electron chi connectivity index (χ4n) is 3.71. The van der Waals surface area contributed by atoms with Crippen molar-refractivity contribution in [2.24, 2.45) is 0 Å². The summed E-state index contributed by atoms with van der Waals surface area (Å²) >= 11 is 0. The van der Waals surface area contributed by atoms with Crippen molar-refractivity contribution < 1.29 is 18.3 Å². The van der Waals surface area contributed by atoms with Crippen LogP contribution in [0.3, 0.4) is 0 Å². The minimum Gasteiger partial charge on any atom is -0.507 e. The number of piperazine rings is 1. The van der Waals surface area contributed by atoms with Gasteiger partial charge in [-0.1, -0.05) is 23.8 Å². The van der Waals surface area contributed by atoms with Gasteiger partial charge in [0.25, 0.3) is 5.91 Å². The zero-order chi connectivity index (χ0) is 21.5. The van der Waals surface area contributed by atoms with Crippen LogP contribution in [0.4, 0.5) is 0 Å². The molecule has 0 radical (unpaired) electrons. The number of benzene rings is 2. The smallest absolute Gasteiger partial charge is 0.257 e. The van der Waals surface area contributed by atoms with Crippen LogP contribution in [-0.4, -0.2) is 59.8 Å². The number of carbonyl (C=O) groups excluding carboxylic acids is 1. The first-order valence-corrected chi connectivity index (χ1v) is 11.2. The van der Waals surface area contributed by atoms with E-state index < -0.39 is 10.0 Å². The Labute approximate surface area is 175 Å². The summed E-state index contributed by atoms with van der Waals surface area (Å²) in [5.74, 6) is -0.367. The fourth-order valence-corrected chi connectivity index (χ4v) is 5.30. The molecule has 156 valence electrons.